The van der Waals surface area contributed by atoms with Crippen molar-refractivity contribution >= 4 is 23.6 Å². The molecular formula is C12H21ClN2O3. The number of aliphatic carboxylic acids is 1. The highest BCUT2D eigenvalue weighted by atomic mass is 35.5. The predicted molar refractivity (Wildman–Crippen MR) is 71.6 cm³/mol. The molecule has 6 heteroatoms. The average molecular weight is 277 g/mol. The van der Waals surface area contributed by atoms with Crippen LogP contribution in [0.1, 0.15) is 33.1 Å². The van der Waals surface area contributed by atoms with E-state index in [1.807, 2.05) is 6.92 Å². The molecule has 0 aromatic heterocycles. The maximum absolute atomic E-state index is 11.3. The molecule has 0 fully saturated rings. The molecule has 104 valence electrons. The quantitative estimate of drug-likeness (QED) is 0.637. The van der Waals surface area contributed by atoms with Crippen LogP contribution in [-0.2, 0) is 4.79 Å². The molecule has 0 aliphatic carbocycles. The predicted octanol–water partition coefficient (Wildman–Crippen LogP) is 2.32. The Hall–Kier alpha value is -1.23. The second-order valence-corrected chi connectivity index (χ2v) is 4.95. The van der Waals surface area contributed by atoms with Gasteiger partial charge in [0, 0.05) is 11.1 Å². The van der Waals surface area contributed by atoms with Crippen molar-refractivity contribution in [1.29, 1.82) is 0 Å². The molecule has 0 saturated heterocycles. The highest BCUT2D eigenvalue weighted by molar-refractivity contribution is 6.29. The lowest BCUT2D eigenvalue weighted by atomic mass is 10.0. The van der Waals surface area contributed by atoms with Crippen LogP contribution in [0.3, 0.4) is 0 Å². The number of halogens is 1. The highest BCUT2D eigenvalue weighted by Gasteiger charge is 2.12. The summed E-state index contributed by atoms with van der Waals surface area (Å²) in [5.74, 6) is -1.13. The fraction of sp³-hybridized carbons (Fsp3) is 0.667. The van der Waals surface area contributed by atoms with Gasteiger partial charge in [0.05, 0.1) is 12.5 Å². The van der Waals surface area contributed by atoms with Gasteiger partial charge < -0.3 is 15.7 Å². The summed E-state index contributed by atoms with van der Waals surface area (Å²) in [5.41, 5.74) is 0. The standard InChI is InChI=1S/C12H21ClN2O3/c1-8(11(16)17)5-4-6-10(3)15-12(18)14-7-9(2)13/h8,10H,2,4-7H2,1,3H3,(H,16,17)(H2,14,15,18). The summed E-state index contributed by atoms with van der Waals surface area (Å²) in [6.45, 7) is 7.25. The second-order valence-electron chi connectivity index (χ2n) is 4.42. The lowest BCUT2D eigenvalue weighted by molar-refractivity contribution is -0.141. The number of urea groups is 1. The van der Waals surface area contributed by atoms with Gasteiger partial charge in [-0.1, -0.05) is 31.5 Å². The van der Waals surface area contributed by atoms with Crippen molar-refractivity contribution in [3.63, 3.8) is 0 Å². The zero-order valence-corrected chi connectivity index (χ0v) is 11.6. The van der Waals surface area contributed by atoms with E-state index in [0.717, 1.165) is 12.8 Å². The first-order chi connectivity index (χ1) is 8.32. The van der Waals surface area contributed by atoms with Gasteiger partial charge in [0.1, 0.15) is 0 Å². The third-order valence-corrected chi connectivity index (χ3v) is 2.65. The van der Waals surface area contributed by atoms with Gasteiger partial charge in [-0.05, 0) is 19.8 Å². The molecule has 0 aliphatic heterocycles. The van der Waals surface area contributed by atoms with E-state index in [2.05, 4.69) is 17.2 Å². The summed E-state index contributed by atoms with van der Waals surface area (Å²) in [4.78, 5) is 21.9. The smallest absolute Gasteiger partial charge is 0.315 e. The lowest BCUT2D eigenvalue weighted by Crippen LogP contribution is -2.41. The van der Waals surface area contributed by atoms with Gasteiger partial charge in [-0.2, -0.15) is 0 Å². The first-order valence-corrected chi connectivity index (χ1v) is 6.31. The summed E-state index contributed by atoms with van der Waals surface area (Å²) >= 11 is 5.51. The van der Waals surface area contributed by atoms with Gasteiger partial charge in [0.2, 0.25) is 0 Å². The van der Waals surface area contributed by atoms with E-state index in [0.29, 0.717) is 11.5 Å². The number of carbonyl (C=O) groups is 2. The molecule has 0 aliphatic rings. The van der Waals surface area contributed by atoms with E-state index in [1.165, 1.54) is 0 Å². The Balaban J connectivity index is 3.70. The van der Waals surface area contributed by atoms with Crippen molar-refractivity contribution in [2.45, 2.75) is 39.2 Å². The number of carboxylic acids is 1. The van der Waals surface area contributed by atoms with Crippen molar-refractivity contribution in [2.75, 3.05) is 6.54 Å². The Labute approximate surface area is 113 Å². The molecule has 0 aromatic rings. The van der Waals surface area contributed by atoms with Crippen LogP contribution in [0.25, 0.3) is 0 Å². The molecule has 0 bridgehead atoms. The molecule has 2 unspecified atom stereocenters. The van der Waals surface area contributed by atoms with E-state index in [4.69, 9.17) is 16.7 Å². The van der Waals surface area contributed by atoms with Crippen molar-refractivity contribution in [1.82, 2.24) is 10.6 Å². The molecule has 0 spiro atoms. The topological polar surface area (TPSA) is 78.4 Å². The van der Waals surface area contributed by atoms with Gasteiger partial charge in [-0.15, -0.1) is 0 Å². The van der Waals surface area contributed by atoms with Gasteiger partial charge in [0.15, 0.2) is 0 Å². The van der Waals surface area contributed by atoms with Crippen LogP contribution in [0, 0.1) is 5.92 Å². The van der Waals surface area contributed by atoms with Crippen molar-refractivity contribution in [3.05, 3.63) is 11.6 Å². The summed E-state index contributed by atoms with van der Waals surface area (Å²) in [6.07, 6.45) is 2.12. The van der Waals surface area contributed by atoms with E-state index in [9.17, 15) is 9.59 Å². The van der Waals surface area contributed by atoms with Crippen LogP contribution in [0.2, 0.25) is 0 Å². The fourth-order valence-corrected chi connectivity index (χ4v) is 1.44. The highest BCUT2D eigenvalue weighted by Crippen LogP contribution is 2.09. The Bertz CT molecular complexity index is 308. The number of hydrogen-bond donors (Lipinski definition) is 3. The molecule has 0 heterocycles. The molecule has 0 aromatic carbocycles. The van der Waals surface area contributed by atoms with Crippen LogP contribution < -0.4 is 10.6 Å². The summed E-state index contributed by atoms with van der Waals surface area (Å²) in [6, 6.07) is -0.301. The zero-order valence-electron chi connectivity index (χ0n) is 10.8. The van der Waals surface area contributed by atoms with Crippen molar-refractivity contribution in [2.24, 2.45) is 5.92 Å². The first-order valence-electron chi connectivity index (χ1n) is 5.93. The molecule has 2 atom stereocenters. The normalized spacial score (nSPS) is 13.5. The number of nitrogens with one attached hydrogen (secondary N) is 2. The van der Waals surface area contributed by atoms with Gasteiger partial charge in [-0.3, -0.25) is 4.79 Å². The monoisotopic (exact) mass is 276 g/mol. The van der Waals surface area contributed by atoms with Gasteiger partial charge in [0.25, 0.3) is 0 Å². The number of rotatable bonds is 8. The zero-order chi connectivity index (χ0) is 14.1. The van der Waals surface area contributed by atoms with E-state index in [1.54, 1.807) is 6.92 Å². The maximum Gasteiger partial charge on any atom is 0.315 e. The lowest BCUT2D eigenvalue weighted by Gasteiger charge is -2.15. The third-order valence-electron chi connectivity index (χ3n) is 2.51. The molecule has 2 amide bonds. The minimum Gasteiger partial charge on any atom is -0.481 e. The van der Waals surface area contributed by atoms with Crippen LogP contribution in [0.5, 0.6) is 0 Å². The summed E-state index contributed by atoms with van der Waals surface area (Å²) in [7, 11) is 0. The van der Waals surface area contributed by atoms with Crippen molar-refractivity contribution in [3.8, 4) is 0 Å². The SMILES string of the molecule is C=C(Cl)CNC(=O)NC(C)CCCC(C)C(=O)O. The average Bonchev–Trinajstić information content (AvgIpc) is 2.25. The number of carbonyl (C=O) groups excluding carboxylic acids is 1. The Morgan fingerprint density at radius 1 is 1.33 bits per heavy atom. The molecule has 3 N–H and O–H groups in total. The van der Waals surface area contributed by atoms with E-state index < -0.39 is 5.97 Å². The number of amides is 2. The van der Waals surface area contributed by atoms with Crippen LogP contribution in [0.4, 0.5) is 4.79 Å². The second kappa shape index (κ2) is 8.80. The van der Waals surface area contributed by atoms with Crippen LogP contribution in [0.15, 0.2) is 11.6 Å². The van der Waals surface area contributed by atoms with Gasteiger partial charge >= 0.3 is 12.0 Å². The van der Waals surface area contributed by atoms with Crippen LogP contribution >= 0.6 is 11.6 Å². The van der Waals surface area contributed by atoms with Crippen LogP contribution in [-0.4, -0.2) is 29.7 Å². The molecule has 0 radical (unpaired) electrons. The minimum atomic E-state index is -0.783. The summed E-state index contributed by atoms with van der Waals surface area (Å²) in [5, 5.41) is 14.4. The molecule has 5 nitrogen and oxygen atoms in total. The van der Waals surface area contributed by atoms with E-state index in [-0.39, 0.29) is 24.5 Å². The molecule has 18 heavy (non-hydrogen) atoms. The minimum absolute atomic E-state index is 0.00501. The van der Waals surface area contributed by atoms with E-state index >= 15 is 0 Å². The number of hydrogen-bond acceptors (Lipinski definition) is 2. The molecule has 0 saturated carbocycles. The molecular weight excluding hydrogens is 256 g/mol. The maximum atomic E-state index is 11.3. The summed E-state index contributed by atoms with van der Waals surface area (Å²) < 4.78 is 0. The Morgan fingerprint density at radius 3 is 2.44 bits per heavy atom. The fourth-order valence-electron chi connectivity index (χ4n) is 1.38. The Kier molecular flexibility index (Phi) is 8.20. The number of carboxylic acid groups (broad SMARTS) is 1. The molecule has 0 rings (SSSR count). The van der Waals surface area contributed by atoms with Gasteiger partial charge in [-0.25, -0.2) is 4.79 Å². The first kappa shape index (κ1) is 16.8. The van der Waals surface area contributed by atoms with Crippen molar-refractivity contribution < 1.29 is 14.7 Å². The third kappa shape index (κ3) is 8.87. The Morgan fingerprint density at radius 2 is 1.94 bits per heavy atom. The largest absolute Gasteiger partial charge is 0.481 e.